The number of halogens is 1. The number of hydrogen-bond acceptors (Lipinski definition) is 4. The zero-order valence-electron chi connectivity index (χ0n) is 17.7. The van der Waals surface area contributed by atoms with Gasteiger partial charge in [0.15, 0.2) is 0 Å². The Kier molecular flexibility index (Phi) is 6.18. The lowest BCUT2D eigenvalue weighted by Gasteiger charge is -2.27. The lowest BCUT2D eigenvalue weighted by Crippen LogP contribution is -2.18. The summed E-state index contributed by atoms with van der Waals surface area (Å²) < 4.78 is 5.46. The van der Waals surface area contributed by atoms with Crippen molar-refractivity contribution in [2.75, 3.05) is 6.61 Å². The first kappa shape index (κ1) is 21.2. The Labute approximate surface area is 177 Å². The van der Waals surface area contributed by atoms with Gasteiger partial charge < -0.3 is 9.84 Å². The van der Waals surface area contributed by atoms with Crippen molar-refractivity contribution >= 4 is 22.6 Å². The summed E-state index contributed by atoms with van der Waals surface area (Å²) in [6, 6.07) is 7.34. The molecule has 29 heavy (non-hydrogen) atoms. The van der Waals surface area contributed by atoms with Crippen LogP contribution in [0.1, 0.15) is 50.8 Å². The average Bonchev–Trinajstić information content (AvgIpc) is 3.05. The fraction of sp³-hybridized carbons (Fsp3) is 0.391. The van der Waals surface area contributed by atoms with Crippen LogP contribution in [0.25, 0.3) is 16.7 Å². The normalized spacial score (nSPS) is 12.2. The Hall–Kier alpha value is -2.53. The van der Waals surface area contributed by atoms with Gasteiger partial charge in [-0.15, -0.1) is 15.0 Å². The summed E-state index contributed by atoms with van der Waals surface area (Å²) in [6.45, 7) is 11.0. The number of fused-ring (bicyclic) bond motifs is 1. The van der Waals surface area contributed by atoms with E-state index in [1.54, 1.807) is 18.4 Å². The van der Waals surface area contributed by atoms with E-state index in [0.29, 0.717) is 22.8 Å². The second kappa shape index (κ2) is 8.46. The molecule has 0 fully saturated rings. The maximum absolute atomic E-state index is 11.2. The van der Waals surface area contributed by atoms with Crippen LogP contribution in [0.3, 0.4) is 0 Å². The molecule has 0 saturated heterocycles. The van der Waals surface area contributed by atoms with E-state index in [1.807, 2.05) is 25.1 Å². The molecular formula is C23H28ClN3O2. The number of benzene rings is 2. The van der Waals surface area contributed by atoms with Crippen LogP contribution in [0.2, 0.25) is 5.02 Å². The van der Waals surface area contributed by atoms with Crippen LogP contribution in [0.5, 0.6) is 5.75 Å². The molecule has 2 aromatic carbocycles. The van der Waals surface area contributed by atoms with Crippen molar-refractivity contribution < 1.29 is 9.84 Å². The van der Waals surface area contributed by atoms with Crippen LogP contribution in [-0.2, 0) is 16.6 Å². The molecule has 0 radical (unpaired) electrons. The molecule has 0 aliphatic rings. The van der Waals surface area contributed by atoms with Gasteiger partial charge in [0.1, 0.15) is 22.5 Å². The number of nitrogens with zero attached hydrogens (tertiary/aromatic N) is 3. The number of hydrogen-bond donors (Lipinski definition) is 1. The van der Waals surface area contributed by atoms with Gasteiger partial charge in [0.2, 0.25) is 0 Å². The number of aromatic nitrogens is 3. The summed E-state index contributed by atoms with van der Waals surface area (Å²) in [5, 5.41) is 20.9. The van der Waals surface area contributed by atoms with Crippen molar-refractivity contribution in [3.63, 3.8) is 0 Å². The second-order valence-corrected chi connectivity index (χ2v) is 8.67. The Morgan fingerprint density at radius 2 is 1.90 bits per heavy atom. The lowest BCUT2D eigenvalue weighted by atomic mass is 9.80. The van der Waals surface area contributed by atoms with E-state index in [2.05, 4.69) is 37.9 Å². The van der Waals surface area contributed by atoms with Gasteiger partial charge in [0.25, 0.3) is 0 Å². The Balaban J connectivity index is 2.06. The Morgan fingerprint density at radius 3 is 2.59 bits per heavy atom. The summed E-state index contributed by atoms with van der Waals surface area (Å²) >= 11 is 6.08. The highest BCUT2D eigenvalue weighted by Gasteiger charge is 2.27. The molecule has 0 aliphatic heterocycles. The average molecular weight is 414 g/mol. The van der Waals surface area contributed by atoms with Gasteiger partial charge in [0.05, 0.1) is 12.9 Å². The largest absolute Gasteiger partial charge is 0.505 e. The third kappa shape index (κ3) is 4.56. The highest BCUT2D eigenvalue weighted by Crippen LogP contribution is 2.40. The van der Waals surface area contributed by atoms with E-state index in [-0.39, 0.29) is 11.2 Å². The second-order valence-electron chi connectivity index (χ2n) is 8.23. The molecule has 3 aromatic rings. The van der Waals surface area contributed by atoms with Gasteiger partial charge in [-0.25, -0.2) is 0 Å². The van der Waals surface area contributed by atoms with Gasteiger partial charge in [-0.3, -0.25) is 0 Å². The molecule has 0 amide bonds. The van der Waals surface area contributed by atoms with E-state index in [4.69, 9.17) is 16.3 Å². The summed E-state index contributed by atoms with van der Waals surface area (Å²) in [7, 11) is 0. The first-order valence-electron chi connectivity index (χ1n) is 9.84. The number of aromatic hydroxyl groups is 1. The maximum atomic E-state index is 11.2. The summed E-state index contributed by atoms with van der Waals surface area (Å²) in [4.78, 5) is 1.50. The van der Waals surface area contributed by atoms with Gasteiger partial charge in [0, 0.05) is 10.6 Å². The summed E-state index contributed by atoms with van der Waals surface area (Å²) in [6.07, 6.45) is 5.28. The lowest BCUT2D eigenvalue weighted by molar-refractivity contribution is 0.244. The number of allylic oxidation sites excluding steroid dienone is 1. The molecule has 0 atom stereocenters. The number of aryl methyl sites for hydroxylation is 1. The van der Waals surface area contributed by atoms with E-state index in [0.717, 1.165) is 35.0 Å². The van der Waals surface area contributed by atoms with Gasteiger partial charge in [-0.1, -0.05) is 38.4 Å². The number of rotatable bonds is 6. The van der Waals surface area contributed by atoms with E-state index < -0.39 is 0 Å². The van der Waals surface area contributed by atoms with Crippen molar-refractivity contribution in [1.82, 2.24) is 15.0 Å². The number of ether oxygens (including phenoxy) is 1. The van der Waals surface area contributed by atoms with Crippen molar-refractivity contribution in [3.8, 4) is 11.4 Å². The van der Waals surface area contributed by atoms with Gasteiger partial charge in [-0.05, 0) is 67.5 Å². The molecule has 3 rings (SSSR count). The van der Waals surface area contributed by atoms with E-state index >= 15 is 0 Å². The number of phenolic OH excluding ortho intramolecular Hbond substituents is 1. The fourth-order valence-electron chi connectivity index (χ4n) is 3.60. The minimum absolute atomic E-state index is 0.221. The molecule has 1 aromatic heterocycles. The Morgan fingerprint density at radius 1 is 1.17 bits per heavy atom. The van der Waals surface area contributed by atoms with Crippen LogP contribution in [0, 0.1) is 6.92 Å². The van der Waals surface area contributed by atoms with Gasteiger partial charge in [-0.2, -0.15) is 0 Å². The van der Waals surface area contributed by atoms with Crippen LogP contribution in [-0.4, -0.2) is 26.7 Å². The third-order valence-corrected chi connectivity index (χ3v) is 5.07. The Bertz CT molecular complexity index is 1050. The monoisotopic (exact) mass is 413 g/mol. The first-order valence-corrected chi connectivity index (χ1v) is 10.2. The maximum Gasteiger partial charge on any atom is 0.147 e. The molecule has 154 valence electrons. The summed E-state index contributed by atoms with van der Waals surface area (Å²) in [5.41, 5.74) is 4.95. The molecule has 0 saturated carbocycles. The first-order chi connectivity index (χ1) is 13.7. The molecule has 1 heterocycles. The standard InChI is InChI=1S/C23H28ClN3O2/c1-6-11-29-12-7-8-17-15(2)13-20(22(28)21(17)23(3,4)5)27-25-18-10-9-16(24)14-19(18)26-27/h6,9-11,13-14,28H,7-8,12H2,1-5H3. The molecule has 0 spiro atoms. The molecule has 6 heteroatoms. The van der Waals surface area contributed by atoms with Crippen molar-refractivity contribution in [1.29, 1.82) is 0 Å². The summed E-state index contributed by atoms with van der Waals surface area (Å²) in [5.74, 6) is 0.221. The van der Waals surface area contributed by atoms with Crippen LogP contribution in [0.15, 0.2) is 36.6 Å². The van der Waals surface area contributed by atoms with Crippen LogP contribution in [0.4, 0.5) is 0 Å². The van der Waals surface area contributed by atoms with E-state index in [1.165, 1.54) is 4.80 Å². The molecule has 0 aliphatic carbocycles. The highest BCUT2D eigenvalue weighted by atomic mass is 35.5. The molecule has 0 unspecified atom stereocenters. The smallest absolute Gasteiger partial charge is 0.147 e. The quantitative estimate of drug-likeness (QED) is 0.405. The van der Waals surface area contributed by atoms with Crippen molar-refractivity contribution in [2.24, 2.45) is 0 Å². The molecular weight excluding hydrogens is 386 g/mol. The van der Waals surface area contributed by atoms with Crippen molar-refractivity contribution in [2.45, 2.75) is 52.9 Å². The predicted molar refractivity (Wildman–Crippen MR) is 118 cm³/mol. The molecule has 5 nitrogen and oxygen atoms in total. The minimum atomic E-state index is -0.236. The molecule has 1 N–H and O–H groups in total. The van der Waals surface area contributed by atoms with Crippen LogP contribution >= 0.6 is 11.6 Å². The molecule has 0 bridgehead atoms. The van der Waals surface area contributed by atoms with Crippen LogP contribution < -0.4 is 0 Å². The highest BCUT2D eigenvalue weighted by molar-refractivity contribution is 6.31. The fourth-order valence-corrected chi connectivity index (χ4v) is 3.77. The zero-order valence-corrected chi connectivity index (χ0v) is 18.4. The minimum Gasteiger partial charge on any atom is -0.505 e. The SMILES string of the molecule is CC=COCCCc1c(C)cc(-n2nc3ccc(Cl)cc3n2)c(O)c1C(C)(C)C. The third-order valence-electron chi connectivity index (χ3n) is 4.84. The van der Waals surface area contributed by atoms with Gasteiger partial charge >= 0.3 is 0 Å². The predicted octanol–water partition coefficient (Wildman–Crippen LogP) is 5.87. The van der Waals surface area contributed by atoms with Crippen molar-refractivity contribution in [3.05, 3.63) is 58.3 Å². The van der Waals surface area contributed by atoms with E-state index in [9.17, 15) is 5.11 Å². The zero-order chi connectivity index (χ0) is 21.2. The number of phenols is 1. The topological polar surface area (TPSA) is 60.2 Å².